The fourth-order valence-electron chi connectivity index (χ4n) is 2.25. The van der Waals surface area contributed by atoms with Crippen molar-refractivity contribution >= 4 is 5.97 Å². The van der Waals surface area contributed by atoms with Crippen LogP contribution in [-0.2, 0) is 9.53 Å². The van der Waals surface area contributed by atoms with E-state index in [9.17, 15) is 4.79 Å². The van der Waals surface area contributed by atoms with E-state index >= 15 is 0 Å². The molecule has 62 valence electrons. The highest BCUT2D eigenvalue weighted by molar-refractivity contribution is 5.82. The van der Waals surface area contributed by atoms with Gasteiger partial charge in [0.1, 0.15) is 0 Å². The molecule has 1 saturated carbocycles. The molecule has 0 aromatic carbocycles. The Labute approximate surface area is 66.1 Å². The van der Waals surface area contributed by atoms with E-state index in [0.717, 1.165) is 13.0 Å². The molecule has 0 radical (unpaired) electrons. The van der Waals surface area contributed by atoms with E-state index in [1.807, 2.05) is 0 Å². The molecule has 2 fully saturated rings. The number of esters is 1. The summed E-state index contributed by atoms with van der Waals surface area (Å²) in [4.78, 5) is 11.3. The minimum Gasteiger partial charge on any atom is -0.469 e. The molecule has 1 aliphatic heterocycles. The van der Waals surface area contributed by atoms with Gasteiger partial charge in [-0.25, -0.2) is 0 Å². The number of rotatable bonds is 1. The highest BCUT2D eigenvalue weighted by Crippen LogP contribution is 2.58. The molecular weight excluding hydrogens is 142 g/mol. The molecule has 11 heavy (non-hydrogen) atoms. The molecule has 0 aromatic heterocycles. The molecule has 2 aliphatic rings. The number of fused-ring (bicyclic) bond motifs is 1. The fourth-order valence-corrected chi connectivity index (χ4v) is 2.25. The number of methoxy groups -OCH3 is 1. The monoisotopic (exact) mass is 155 g/mol. The third-order valence-electron chi connectivity index (χ3n) is 3.16. The first-order chi connectivity index (χ1) is 5.21. The molecule has 0 aromatic rings. The van der Waals surface area contributed by atoms with Crippen LogP contribution in [-0.4, -0.2) is 25.7 Å². The second kappa shape index (κ2) is 1.97. The van der Waals surface area contributed by atoms with E-state index in [4.69, 9.17) is 4.74 Å². The maximum absolute atomic E-state index is 11.3. The second-order valence-corrected chi connectivity index (χ2v) is 3.56. The molecule has 2 rings (SSSR count). The van der Waals surface area contributed by atoms with Gasteiger partial charge in [-0.05, 0) is 25.8 Å². The van der Waals surface area contributed by atoms with E-state index in [0.29, 0.717) is 12.0 Å². The zero-order valence-corrected chi connectivity index (χ0v) is 6.89. The van der Waals surface area contributed by atoms with Crippen molar-refractivity contribution in [2.45, 2.75) is 19.4 Å². The van der Waals surface area contributed by atoms with Gasteiger partial charge in [0.05, 0.1) is 12.5 Å². The average molecular weight is 155 g/mol. The zero-order chi connectivity index (χ0) is 8.06. The molecule has 3 atom stereocenters. The van der Waals surface area contributed by atoms with Crippen LogP contribution in [0, 0.1) is 11.3 Å². The maximum atomic E-state index is 11.3. The summed E-state index contributed by atoms with van der Waals surface area (Å²) in [5.74, 6) is 0.518. The minimum absolute atomic E-state index is 0.0278. The molecule has 1 saturated heterocycles. The third kappa shape index (κ3) is 0.692. The summed E-state index contributed by atoms with van der Waals surface area (Å²) in [6.45, 7) is 3.04. The predicted molar refractivity (Wildman–Crippen MR) is 40.0 cm³/mol. The van der Waals surface area contributed by atoms with E-state index in [1.54, 1.807) is 0 Å². The first kappa shape index (κ1) is 7.10. The van der Waals surface area contributed by atoms with Crippen LogP contribution in [0.1, 0.15) is 13.3 Å². The highest BCUT2D eigenvalue weighted by Gasteiger charge is 2.67. The van der Waals surface area contributed by atoms with Gasteiger partial charge in [-0.3, -0.25) is 4.79 Å². The first-order valence-electron chi connectivity index (χ1n) is 4.03. The topological polar surface area (TPSA) is 38.3 Å². The summed E-state index contributed by atoms with van der Waals surface area (Å²) in [6, 6.07) is 0.306. The number of carbonyl (C=O) groups excluding carboxylic acids is 1. The van der Waals surface area contributed by atoms with E-state index in [2.05, 4.69) is 12.2 Å². The Kier molecular flexibility index (Phi) is 1.27. The molecule has 3 unspecified atom stereocenters. The minimum atomic E-state index is -0.144. The van der Waals surface area contributed by atoms with Gasteiger partial charge < -0.3 is 10.1 Å². The van der Waals surface area contributed by atoms with Gasteiger partial charge in [0.25, 0.3) is 0 Å². The van der Waals surface area contributed by atoms with Gasteiger partial charge in [-0.15, -0.1) is 0 Å². The van der Waals surface area contributed by atoms with Crippen molar-refractivity contribution in [2.24, 2.45) is 11.3 Å². The number of carbonyl (C=O) groups is 1. The Hall–Kier alpha value is -0.570. The van der Waals surface area contributed by atoms with Crippen LogP contribution in [0.5, 0.6) is 0 Å². The average Bonchev–Trinajstić information content (AvgIpc) is 2.68. The van der Waals surface area contributed by atoms with Crippen LogP contribution in [0.4, 0.5) is 0 Å². The lowest BCUT2D eigenvalue weighted by molar-refractivity contribution is -0.147. The molecule has 1 aliphatic carbocycles. The normalized spacial score (nSPS) is 46.7. The standard InChI is InChI=1S/C8H13NO2/c1-5-8(7(10)11-2)3-6(8)4-9-5/h5-6,9H,3-4H2,1-2H3. The Morgan fingerprint density at radius 2 is 2.45 bits per heavy atom. The number of ether oxygens (including phenoxy) is 1. The number of nitrogens with one attached hydrogen (secondary N) is 1. The van der Waals surface area contributed by atoms with Crippen molar-refractivity contribution in [1.82, 2.24) is 5.32 Å². The Morgan fingerprint density at radius 3 is 2.82 bits per heavy atom. The number of hydrogen-bond donors (Lipinski definition) is 1. The van der Waals surface area contributed by atoms with Gasteiger partial charge in [0.2, 0.25) is 0 Å². The van der Waals surface area contributed by atoms with Crippen LogP contribution in [0.25, 0.3) is 0 Å². The van der Waals surface area contributed by atoms with E-state index in [-0.39, 0.29) is 11.4 Å². The zero-order valence-electron chi connectivity index (χ0n) is 6.89. The Morgan fingerprint density at radius 1 is 1.73 bits per heavy atom. The van der Waals surface area contributed by atoms with Gasteiger partial charge in [0, 0.05) is 6.04 Å². The number of piperidine rings is 1. The highest BCUT2D eigenvalue weighted by atomic mass is 16.5. The molecular formula is C8H13NO2. The maximum Gasteiger partial charge on any atom is 0.313 e. The van der Waals surface area contributed by atoms with Crippen molar-refractivity contribution in [1.29, 1.82) is 0 Å². The molecule has 3 heteroatoms. The third-order valence-corrected chi connectivity index (χ3v) is 3.16. The smallest absolute Gasteiger partial charge is 0.313 e. The molecule has 0 spiro atoms. The molecule has 3 nitrogen and oxygen atoms in total. The first-order valence-corrected chi connectivity index (χ1v) is 4.03. The lowest BCUT2D eigenvalue weighted by Crippen LogP contribution is -2.34. The summed E-state index contributed by atoms with van der Waals surface area (Å²) < 4.78 is 4.77. The van der Waals surface area contributed by atoms with Crippen molar-refractivity contribution in [3.63, 3.8) is 0 Å². The quantitative estimate of drug-likeness (QED) is 0.548. The van der Waals surface area contributed by atoms with Crippen molar-refractivity contribution < 1.29 is 9.53 Å². The summed E-state index contributed by atoms with van der Waals surface area (Å²) in [5.41, 5.74) is -0.144. The lowest BCUT2D eigenvalue weighted by atomic mass is 9.99. The van der Waals surface area contributed by atoms with Gasteiger partial charge in [-0.1, -0.05) is 0 Å². The summed E-state index contributed by atoms with van der Waals surface area (Å²) >= 11 is 0. The van der Waals surface area contributed by atoms with Crippen molar-refractivity contribution in [2.75, 3.05) is 13.7 Å². The summed E-state index contributed by atoms with van der Waals surface area (Å²) in [7, 11) is 1.47. The summed E-state index contributed by atoms with van der Waals surface area (Å²) in [5, 5.41) is 3.27. The van der Waals surface area contributed by atoms with Crippen LogP contribution in [0.2, 0.25) is 0 Å². The van der Waals surface area contributed by atoms with E-state index < -0.39 is 0 Å². The lowest BCUT2D eigenvalue weighted by Gasteiger charge is -2.16. The SMILES string of the molecule is COC(=O)C12CC1CNC2C. The Balaban J connectivity index is 2.18. The van der Waals surface area contributed by atoms with Gasteiger partial charge >= 0.3 is 5.97 Å². The van der Waals surface area contributed by atoms with Crippen molar-refractivity contribution in [3.8, 4) is 0 Å². The molecule has 1 N–H and O–H groups in total. The molecule has 0 amide bonds. The van der Waals surface area contributed by atoms with Crippen LogP contribution < -0.4 is 5.32 Å². The fraction of sp³-hybridized carbons (Fsp3) is 0.875. The van der Waals surface area contributed by atoms with Crippen LogP contribution >= 0.6 is 0 Å². The molecule has 0 bridgehead atoms. The van der Waals surface area contributed by atoms with Gasteiger partial charge in [0.15, 0.2) is 0 Å². The van der Waals surface area contributed by atoms with Crippen LogP contribution in [0.3, 0.4) is 0 Å². The largest absolute Gasteiger partial charge is 0.469 e. The number of hydrogen-bond acceptors (Lipinski definition) is 3. The van der Waals surface area contributed by atoms with E-state index in [1.165, 1.54) is 7.11 Å². The predicted octanol–water partition coefficient (Wildman–Crippen LogP) is 0.157. The molecule has 1 heterocycles. The second-order valence-electron chi connectivity index (χ2n) is 3.56. The van der Waals surface area contributed by atoms with Crippen LogP contribution in [0.15, 0.2) is 0 Å². The Bertz CT molecular complexity index is 204. The van der Waals surface area contributed by atoms with Crippen molar-refractivity contribution in [3.05, 3.63) is 0 Å². The van der Waals surface area contributed by atoms with Gasteiger partial charge in [-0.2, -0.15) is 0 Å². The summed E-state index contributed by atoms with van der Waals surface area (Å²) in [6.07, 6.45) is 1.02.